The Morgan fingerprint density at radius 3 is 2.73 bits per heavy atom. The van der Waals surface area contributed by atoms with Crippen LogP contribution in [0.5, 0.6) is 0 Å². The normalized spacial score (nSPS) is 16.4. The van der Waals surface area contributed by atoms with Gasteiger partial charge in [-0.15, -0.1) is 10.2 Å². The maximum atomic E-state index is 13.1. The maximum absolute atomic E-state index is 13.1. The predicted octanol–water partition coefficient (Wildman–Crippen LogP) is 2.19. The van der Waals surface area contributed by atoms with Crippen molar-refractivity contribution in [2.24, 2.45) is 0 Å². The molecule has 26 heavy (non-hydrogen) atoms. The topological polar surface area (TPSA) is 88.8 Å². The zero-order valence-corrected chi connectivity index (χ0v) is 15.0. The number of hydrogen-bond donors (Lipinski definition) is 1. The van der Waals surface area contributed by atoms with E-state index in [1.54, 1.807) is 11.9 Å². The lowest BCUT2D eigenvalue weighted by Crippen LogP contribution is -2.41. The number of nitrogens with one attached hydrogen (secondary N) is 1. The van der Waals surface area contributed by atoms with E-state index in [4.69, 9.17) is 0 Å². The van der Waals surface area contributed by atoms with E-state index in [-0.39, 0.29) is 17.8 Å². The third-order valence-electron chi connectivity index (χ3n) is 4.38. The number of carbonyl (C=O) groups is 1. The molecule has 134 valence electrons. The summed E-state index contributed by atoms with van der Waals surface area (Å²) in [5, 5.41) is 12.1. The summed E-state index contributed by atoms with van der Waals surface area (Å²) >= 11 is 1.25. The van der Waals surface area contributed by atoms with Gasteiger partial charge in [0.15, 0.2) is 16.7 Å². The summed E-state index contributed by atoms with van der Waals surface area (Å²) in [5.41, 5.74) is 0.453. The van der Waals surface area contributed by atoms with Crippen molar-refractivity contribution in [1.29, 1.82) is 0 Å². The van der Waals surface area contributed by atoms with Gasteiger partial charge >= 0.3 is 0 Å². The van der Waals surface area contributed by atoms with Crippen molar-refractivity contribution in [3.63, 3.8) is 0 Å². The zero-order chi connectivity index (χ0) is 18.3. The van der Waals surface area contributed by atoms with Gasteiger partial charge in [0, 0.05) is 25.7 Å². The minimum atomic E-state index is -0.365. The van der Waals surface area contributed by atoms with Crippen molar-refractivity contribution in [2.75, 3.05) is 18.9 Å². The highest BCUT2D eigenvalue weighted by atomic mass is 32.1. The number of carbonyl (C=O) groups excluding carboxylic acids is 1. The Morgan fingerprint density at radius 1 is 1.27 bits per heavy atom. The summed E-state index contributed by atoms with van der Waals surface area (Å²) in [4.78, 5) is 18.9. The van der Waals surface area contributed by atoms with Gasteiger partial charge in [-0.25, -0.2) is 4.39 Å². The summed E-state index contributed by atoms with van der Waals surface area (Å²) in [6, 6.07) is 5.32. The van der Waals surface area contributed by atoms with E-state index >= 15 is 0 Å². The highest BCUT2D eigenvalue weighted by Gasteiger charge is 2.32. The molecule has 1 aliphatic rings. The highest BCUT2D eigenvalue weighted by Crippen LogP contribution is 2.30. The average Bonchev–Trinajstić information content (AvgIpc) is 3.29. The molecule has 1 aromatic carbocycles. The Labute approximate surface area is 152 Å². The number of hydrogen-bond acceptors (Lipinski definition) is 7. The molecular weight excluding hydrogens is 357 g/mol. The number of amides is 1. The molecule has 0 aliphatic carbocycles. The van der Waals surface area contributed by atoms with Crippen LogP contribution < -0.4 is 5.32 Å². The van der Waals surface area contributed by atoms with E-state index in [0.29, 0.717) is 41.3 Å². The Bertz CT molecular complexity index is 952. The largest absolute Gasteiger partial charge is 0.357 e. The van der Waals surface area contributed by atoms with E-state index in [1.165, 1.54) is 35.8 Å². The van der Waals surface area contributed by atoms with Crippen LogP contribution in [0.1, 0.15) is 29.1 Å². The molecule has 0 radical (unpaired) electrons. The lowest BCUT2D eigenvalue weighted by molar-refractivity contribution is 0.0638. The molecule has 3 aromatic rings. The van der Waals surface area contributed by atoms with Crippen molar-refractivity contribution in [3.8, 4) is 10.8 Å². The van der Waals surface area contributed by atoms with Gasteiger partial charge in [0.05, 0.1) is 6.04 Å². The van der Waals surface area contributed by atoms with Crippen molar-refractivity contribution in [1.82, 2.24) is 29.0 Å². The average molecular weight is 373 g/mol. The molecule has 1 N–H and O–H groups in total. The minimum absolute atomic E-state index is 0.151. The van der Waals surface area contributed by atoms with E-state index in [2.05, 4.69) is 24.9 Å². The van der Waals surface area contributed by atoms with Gasteiger partial charge < -0.3 is 14.8 Å². The molecule has 0 spiro atoms. The van der Waals surface area contributed by atoms with E-state index in [9.17, 15) is 9.18 Å². The number of fused-ring (bicyclic) bond motifs is 1. The highest BCUT2D eigenvalue weighted by molar-refractivity contribution is 7.09. The van der Waals surface area contributed by atoms with Gasteiger partial charge in [0.25, 0.3) is 5.91 Å². The van der Waals surface area contributed by atoms with Gasteiger partial charge in [-0.2, -0.15) is 9.36 Å². The van der Waals surface area contributed by atoms with Gasteiger partial charge in [0.1, 0.15) is 5.82 Å². The number of nitrogens with zero attached hydrogens (tertiary/aromatic N) is 6. The first kappa shape index (κ1) is 16.6. The quantitative estimate of drug-likeness (QED) is 0.757. The summed E-state index contributed by atoms with van der Waals surface area (Å²) in [5.74, 6) is 1.37. The van der Waals surface area contributed by atoms with Crippen molar-refractivity contribution in [2.45, 2.75) is 19.5 Å². The zero-order valence-electron chi connectivity index (χ0n) is 14.2. The van der Waals surface area contributed by atoms with Crippen LogP contribution in [0.4, 0.5) is 10.3 Å². The lowest BCUT2D eigenvalue weighted by atomic mass is 10.1. The molecule has 0 bridgehead atoms. The van der Waals surface area contributed by atoms with Crippen LogP contribution in [-0.2, 0) is 6.54 Å². The maximum Gasteiger partial charge on any atom is 0.254 e. The van der Waals surface area contributed by atoms with Crippen LogP contribution >= 0.6 is 11.5 Å². The van der Waals surface area contributed by atoms with Gasteiger partial charge in [-0.1, -0.05) is 0 Å². The van der Waals surface area contributed by atoms with Gasteiger partial charge in [-0.05, 0) is 42.7 Å². The van der Waals surface area contributed by atoms with E-state index < -0.39 is 0 Å². The fourth-order valence-electron chi connectivity index (χ4n) is 3.00. The molecule has 1 aliphatic heterocycles. The Morgan fingerprint density at radius 2 is 2.04 bits per heavy atom. The summed E-state index contributed by atoms with van der Waals surface area (Å²) in [7, 11) is 1.76. The SMILES string of the molecule is CNc1nsc(-c2nnc3n2CCN(C(=O)c2ccc(F)cc2)C3C)n1. The summed E-state index contributed by atoms with van der Waals surface area (Å²) < 4.78 is 19.3. The van der Waals surface area contributed by atoms with Crippen molar-refractivity contribution >= 4 is 23.4 Å². The third kappa shape index (κ3) is 2.71. The molecule has 0 saturated carbocycles. The molecule has 10 heteroatoms. The second-order valence-electron chi connectivity index (χ2n) is 5.89. The summed E-state index contributed by atoms with van der Waals surface area (Å²) in [6.45, 7) is 2.97. The molecule has 2 aromatic heterocycles. The van der Waals surface area contributed by atoms with Crippen LogP contribution in [0.2, 0.25) is 0 Å². The number of anilines is 1. The second-order valence-corrected chi connectivity index (χ2v) is 6.64. The number of halogens is 1. The van der Waals surface area contributed by atoms with Crippen LogP contribution in [0.3, 0.4) is 0 Å². The minimum Gasteiger partial charge on any atom is -0.357 e. The Balaban J connectivity index is 1.62. The molecular formula is C16H16FN7OS. The van der Waals surface area contributed by atoms with Crippen LogP contribution in [-0.4, -0.2) is 48.5 Å². The van der Waals surface area contributed by atoms with E-state index in [1.807, 2.05) is 11.5 Å². The number of aromatic nitrogens is 5. The second kappa shape index (κ2) is 6.45. The predicted molar refractivity (Wildman–Crippen MR) is 94.3 cm³/mol. The first-order valence-electron chi connectivity index (χ1n) is 8.10. The molecule has 1 atom stereocenters. The molecule has 3 heterocycles. The standard InChI is InChI=1S/C16H16FN7OS/c1-9-12-20-21-13(14-19-16(18-2)22-26-14)24(12)8-7-23(9)15(25)10-3-5-11(17)6-4-10/h3-6,9H,7-8H2,1-2H3,(H,18,22). The van der Waals surface area contributed by atoms with E-state index in [0.717, 1.165) is 0 Å². The fraction of sp³-hybridized carbons (Fsp3) is 0.312. The molecule has 0 fully saturated rings. The van der Waals surface area contributed by atoms with Gasteiger partial charge in [0.2, 0.25) is 5.95 Å². The van der Waals surface area contributed by atoms with Crippen LogP contribution in [0.15, 0.2) is 24.3 Å². The third-order valence-corrected chi connectivity index (χ3v) is 5.09. The van der Waals surface area contributed by atoms with Crippen LogP contribution in [0, 0.1) is 5.82 Å². The fourth-order valence-corrected chi connectivity index (χ4v) is 3.66. The number of benzene rings is 1. The summed E-state index contributed by atoms with van der Waals surface area (Å²) in [6.07, 6.45) is 0. The monoisotopic (exact) mass is 373 g/mol. The van der Waals surface area contributed by atoms with Gasteiger partial charge in [-0.3, -0.25) is 4.79 Å². The molecule has 0 saturated heterocycles. The first-order chi connectivity index (χ1) is 12.6. The Kier molecular flexibility index (Phi) is 4.11. The van der Waals surface area contributed by atoms with Crippen molar-refractivity contribution < 1.29 is 9.18 Å². The molecule has 1 unspecified atom stereocenters. The molecule has 4 rings (SSSR count). The van der Waals surface area contributed by atoms with Crippen LogP contribution in [0.25, 0.3) is 10.8 Å². The van der Waals surface area contributed by atoms with Crippen molar-refractivity contribution in [3.05, 3.63) is 41.5 Å². The number of rotatable bonds is 3. The first-order valence-corrected chi connectivity index (χ1v) is 8.87. The lowest BCUT2D eigenvalue weighted by Gasteiger charge is -2.33. The smallest absolute Gasteiger partial charge is 0.254 e. The molecule has 8 nitrogen and oxygen atoms in total. The Hall–Kier alpha value is -2.88. The molecule has 1 amide bonds.